The summed E-state index contributed by atoms with van der Waals surface area (Å²) in [4.78, 5) is 46.7. The number of nitrogens with two attached hydrogens (primary N) is 1. The van der Waals surface area contributed by atoms with Gasteiger partial charge in [-0.05, 0) is 38.0 Å². The lowest BCUT2D eigenvalue weighted by molar-refractivity contribution is 0.0909. The van der Waals surface area contributed by atoms with Crippen molar-refractivity contribution < 1.29 is 19.5 Å². The van der Waals surface area contributed by atoms with Gasteiger partial charge in [0.15, 0.2) is 11.5 Å². The third kappa shape index (κ3) is 5.43. The smallest absolute Gasteiger partial charge is 0.407 e. The lowest BCUT2D eigenvalue weighted by Crippen LogP contribution is -2.40. The second kappa shape index (κ2) is 10.0. The minimum Gasteiger partial charge on any atom is -0.465 e. The maximum atomic E-state index is 13.0. The number of hydrogen-bond donors (Lipinski definition) is 4. The molecule has 0 spiro atoms. The molecular weight excluding hydrogens is 460 g/mol. The molecule has 5 N–H and O–H groups in total. The molecule has 0 radical (unpaired) electrons. The van der Waals surface area contributed by atoms with E-state index in [0.717, 1.165) is 5.56 Å². The maximum absolute atomic E-state index is 13.0. The Morgan fingerprint density at radius 2 is 1.83 bits per heavy atom. The maximum Gasteiger partial charge on any atom is 0.407 e. The molecule has 1 saturated heterocycles. The zero-order chi connectivity index (χ0) is 25.9. The molecule has 0 bridgehead atoms. The number of hydrogen-bond acceptors (Lipinski definition) is 6. The van der Waals surface area contributed by atoms with Gasteiger partial charge in [0.2, 0.25) is 0 Å². The van der Waals surface area contributed by atoms with E-state index < -0.39 is 17.5 Å². The minimum absolute atomic E-state index is 0.0390. The van der Waals surface area contributed by atoms with Crippen LogP contribution < -0.4 is 16.4 Å². The van der Waals surface area contributed by atoms with Crippen LogP contribution in [0, 0.1) is 0 Å². The fraction of sp³-hybridized carbons (Fsp3) is 0.269. The van der Waals surface area contributed by atoms with Crippen LogP contribution in [0.3, 0.4) is 0 Å². The number of likely N-dealkylation sites (tertiary alicyclic amines) is 1. The number of aromatic nitrogens is 2. The predicted molar refractivity (Wildman–Crippen MR) is 134 cm³/mol. The summed E-state index contributed by atoms with van der Waals surface area (Å²) in [5.41, 5.74) is 7.66. The Hall–Kier alpha value is -4.47. The van der Waals surface area contributed by atoms with Gasteiger partial charge < -0.3 is 26.4 Å². The molecule has 0 aliphatic carbocycles. The number of anilines is 1. The number of nitrogens with one attached hydrogen (secondary N) is 2. The van der Waals surface area contributed by atoms with E-state index in [1.165, 1.54) is 11.1 Å². The molecule has 0 saturated carbocycles. The van der Waals surface area contributed by atoms with E-state index in [-0.39, 0.29) is 30.0 Å². The Morgan fingerprint density at radius 3 is 2.53 bits per heavy atom. The van der Waals surface area contributed by atoms with Gasteiger partial charge in [-0.1, -0.05) is 42.5 Å². The van der Waals surface area contributed by atoms with Gasteiger partial charge >= 0.3 is 6.09 Å². The van der Waals surface area contributed by atoms with Crippen molar-refractivity contribution in [3.05, 3.63) is 77.6 Å². The van der Waals surface area contributed by atoms with Gasteiger partial charge in [-0.2, -0.15) is 0 Å². The molecule has 1 fully saturated rings. The number of nitrogen functional groups attached to an aromatic ring is 1. The Kier molecular flexibility index (Phi) is 6.86. The van der Waals surface area contributed by atoms with Crippen LogP contribution in [-0.4, -0.2) is 57.0 Å². The zero-order valence-electron chi connectivity index (χ0n) is 20.1. The fourth-order valence-electron chi connectivity index (χ4n) is 4.11. The summed E-state index contributed by atoms with van der Waals surface area (Å²) in [6.45, 7) is 4.41. The van der Waals surface area contributed by atoms with E-state index >= 15 is 0 Å². The van der Waals surface area contributed by atoms with Crippen LogP contribution in [0.2, 0.25) is 0 Å². The van der Waals surface area contributed by atoms with Gasteiger partial charge in [0.1, 0.15) is 0 Å². The molecule has 186 valence electrons. The van der Waals surface area contributed by atoms with Crippen molar-refractivity contribution >= 4 is 23.7 Å². The molecule has 1 aliphatic heterocycles. The summed E-state index contributed by atoms with van der Waals surface area (Å²) in [7, 11) is 0. The van der Waals surface area contributed by atoms with E-state index in [9.17, 15) is 14.4 Å². The van der Waals surface area contributed by atoms with Crippen LogP contribution in [0.4, 0.5) is 10.6 Å². The van der Waals surface area contributed by atoms with Crippen molar-refractivity contribution in [1.29, 1.82) is 0 Å². The predicted octanol–water partition coefficient (Wildman–Crippen LogP) is 2.87. The SMILES string of the molecule is CC(C)(NC(=O)c1cccc(-c2cnc(N)c(C(=O)N[C@H]3CCN(C(=O)O)C3)n2)c1)c1ccccc1. The van der Waals surface area contributed by atoms with E-state index in [4.69, 9.17) is 10.8 Å². The summed E-state index contributed by atoms with van der Waals surface area (Å²) < 4.78 is 0. The Bertz CT molecular complexity index is 1290. The molecule has 36 heavy (non-hydrogen) atoms. The number of rotatable bonds is 6. The van der Waals surface area contributed by atoms with Crippen molar-refractivity contribution in [3.8, 4) is 11.3 Å². The molecule has 1 atom stereocenters. The second-order valence-corrected chi connectivity index (χ2v) is 9.20. The van der Waals surface area contributed by atoms with Gasteiger partial charge in [0.05, 0.1) is 17.4 Å². The Balaban J connectivity index is 1.51. The summed E-state index contributed by atoms with van der Waals surface area (Å²) in [5.74, 6) is -0.822. The highest BCUT2D eigenvalue weighted by Crippen LogP contribution is 2.23. The molecule has 3 amide bonds. The molecule has 10 heteroatoms. The molecule has 1 aliphatic rings. The van der Waals surface area contributed by atoms with Crippen LogP contribution >= 0.6 is 0 Å². The molecule has 2 heterocycles. The van der Waals surface area contributed by atoms with Crippen molar-refractivity contribution in [2.24, 2.45) is 0 Å². The van der Waals surface area contributed by atoms with Gasteiger partial charge in [0.25, 0.3) is 11.8 Å². The highest BCUT2D eigenvalue weighted by Gasteiger charge is 2.28. The average Bonchev–Trinajstić information content (AvgIpc) is 3.33. The van der Waals surface area contributed by atoms with Gasteiger partial charge in [0, 0.05) is 30.3 Å². The first kappa shape index (κ1) is 24.6. The molecule has 2 aromatic carbocycles. The Labute approximate surface area is 208 Å². The quantitative estimate of drug-likeness (QED) is 0.416. The minimum atomic E-state index is -1.02. The number of carbonyl (C=O) groups is 3. The van der Waals surface area contributed by atoms with E-state index in [0.29, 0.717) is 29.8 Å². The molecule has 0 unspecified atom stereocenters. The number of amides is 3. The van der Waals surface area contributed by atoms with Gasteiger partial charge in [-0.25, -0.2) is 14.8 Å². The van der Waals surface area contributed by atoms with Crippen LogP contribution in [0.15, 0.2) is 60.8 Å². The topological polar surface area (TPSA) is 151 Å². The molecule has 1 aromatic heterocycles. The number of carbonyl (C=O) groups excluding carboxylic acids is 2. The van der Waals surface area contributed by atoms with Crippen molar-refractivity contribution in [1.82, 2.24) is 25.5 Å². The van der Waals surface area contributed by atoms with Crippen molar-refractivity contribution in [2.45, 2.75) is 31.8 Å². The standard InChI is InChI=1S/C26H28N6O4/c1-26(2,18-9-4-3-5-10-18)31-23(33)17-8-6-7-16(13-17)20-14-28-22(27)21(30-20)24(34)29-19-11-12-32(15-19)25(35)36/h3-10,13-14,19H,11-12,15H2,1-2H3,(H2,27,28)(H,29,34)(H,31,33)(H,35,36)/t19-/m0/s1. The van der Waals surface area contributed by atoms with Crippen LogP contribution in [0.25, 0.3) is 11.3 Å². The molecule has 10 nitrogen and oxygen atoms in total. The normalized spacial score (nSPS) is 15.4. The van der Waals surface area contributed by atoms with Gasteiger partial charge in [-0.3, -0.25) is 9.59 Å². The summed E-state index contributed by atoms with van der Waals surface area (Å²) in [5, 5.41) is 14.9. The third-order valence-corrected chi connectivity index (χ3v) is 6.15. The van der Waals surface area contributed by atoms with Crippen LogP contribution in [0.1, 0.15) is 46.7 Å². The van der Waals surface area contributed by atoms with Crippen molar-refractivity contribution in [3.63, 3.8) is 0 Å². The fourth-order valence-corrected chi connectivity index (χ4v) is 4.11. The van der Waals surface area contributed by atoms with Crippen LogP contribution in [-0.2, 0) is 5.54 Å². The van der Waals surface area contributed by atoms with E-state index in [2.05, 4.69) is 20.6 Å². The number of carboxylic acid groups (broad SMARTS) is 1. The zero-order valence-corrected chi connectivity index (χ0v) is 20.1. The Morgan fingerprint density at radius 1 is 1.08 bits per heavy atom. The van der Waals surface area contributed by atoms with E-state index in [1.54, 1.807) is 24.3 Å². The lowest BCUT2D eigenvalue weighted by atomic mass is 9.94. The summed E-state index contributed by atoms with van der Waals surface area (Å²) in [6.07, 6.45) is 0.921. The monoisotopic (exact) mass is 488 g/mol. The second-order valence-electron chi connectivity index (χ2n) is 9.20. The molecule has 3 aromatic rings. The summed E-state index contributed by atoms with van der Waals surface area (Å²) >= 11 is 0. The van der Waals surface area contributed by atoms with Gasteiger partial charge in [-0.15, -0.1) is 0 Å². The first-order chi connectivity index (χ1) is 17.1. The molecule has 4 rings (SSSR count). The summed E-state index contributed by atoms with van der Waals surface area (Å²) in [6, 6.07) is 16.2. The van der Waals surface area contributed by atoms with Crippen molar-refractivity contribution in [2.75, 3.05) is 18.8 Å². The highest BCUT2D eigenvalue weighted by atomic mass is 16.4. The number of nitrogens with zero attached hydrogens (tertiary/aromatic N) is 3. The first-order valence-electron chi connectivity index (χ1n) is 11.5. The highest BCUT2D eigenvalue weighted by molar-refractivity contribution is 5.98. The van der Waals surface area contributed by atoms with E-state index in [1.807, 2.05) is 44.2 Å². The van der Waals surface area contributed by atoms with Crippen LogP contribution in [0.5, 0.6) is 0 Å². The number of benzene rings is 2. The average molecular weight is 489 g/mol. The largest absolute Gasteiger partial charge is 0.465 e. The third-order valence-electron chi connectivity index (χ3n) is 6.15. The first-order valence-corrected chi connectivity index (χ1v) is 11.5. The lowest BCUT2D eigenvalue weighted by Gasteiger charge is -2.27. The molecular formula is C26H28N6O4.